The number of ether oxygens (including phenoxy) is 2. The molecule has 0 amide bonds. The number of nitrogens with zero attached hydrogens (tertiary/aromatic N) is 1. The molecule has 0 aliphatic rings. The summed E-state index contributed by atoms with van der Waals surface area (Å²) in [5, 5.41) is 0. The first-order chi connectivity index (χ1) is 5.49. The SMILES string of the molecule is C=C(OC)C(=O)OC(C)N(C)C. The maximum Gasteiger partial charge on any atom is 0.374 e. The van der Waals surface area contributed by atoms with Gasteiger partial charge in [0.15, 0.2) is 12.0 Å². The highest BCUT2D eigenvalue weighted by Crippen LogP contribution is 2.00. The topological polar surface area (TPSA) is 38.8 Å². The zero-order valence-electron chi connectivity index (χ0n) is 7.96. The predicted molar refractivity (Wildman–Crippen MR) is 45.4 cm³/mol. The van der Waals surface area contributed by atoms with Crippen LogP contribution in [0.1, 0.15) is 6.92 Å². The van der Waals surface area contributed by atoms with Crippen LogP contribution in [0.3, 0.4) is 0 Å². The van der Waals surface area contributed by atoms with Gasteiger partial charge in [0.2, 0.25) is 0 Å². The van der Waals surface area contributed by atoms with Crippen LogP contribution in [0.4, 0.5) is 0 Å². The van der Waals surface area contributed by atoms with Crippen molar-refractivity contribution in [2.24, 2.45) is 0 Å². The molecule has 0 saturated carbocycles. The lowest BCUT2D eigenvalue weighted by atomic mass is 10.5. The van der Waals surface area contributed by atoms with Crippen LogP contribution in [0.15, 0.2) is 12.3 Å². The fraction of sp³-hybridized carbons (Fsp3) is 0.625. The molecule has 4 heteroatoms. The van der Waals surface area contributed by atoms with Crippen molar-refractivity contribution in [3.63, 3.8) is 0 Å². The average Bonchev–Trinajstić information content (AvgIpc) is 2.02. The van der Waals surface area contributed by atoms with Crippen molar-refractivity contribution in [2.45, 2.75) is 13.2 Å². The van der Waals surface area contributed by atoms with Crippen LogP contribution in [0.2, 0.25) is 0 Å². The minimum absolute atomic E-state index is 0.0173. The molecule has 12 heavy (non-hydrogen) atoms. The van der Waals surface area contributed by atoms with E-state index in [1.54, 1.807) is 11.8 Å². The first-order valence-electron chi connectivity index (χ1n) is 3.59. The van der Waals surface area contributed by atoms with Crippen molar-refractivity contribution in [3.05, 3.63) is 12.3 Å². The molecule has 0 fully saturated rings. The first kappa shape index (κ1) is 11.0. The van der Waals surface area contributed by atoms with Gasteiger partial charge >= 0.3 is 5.97 Å². The van der Waals surface area contributed by atoms with Crippen molar-refractivity contribution >= 4 is 5.97 Å². The van der Waals surface area contributed by atoms with Gasteiger partial charge in [-0.15, -0.1) is 0 Å². The molecule has 1 unspecified atom stereocenters. The number of carbonyl (C=O) groups excluding carboxylic acids is 1. The van der Waals surface area contributed by atoms with E-state index in [1.807, 2.05) is 14.1 Å². The quantitative estimate of drug-likeness (QED) is 0.270. The van der Waals surface area contributed by atoms with Crippen LogP contribution in [0.5, 0.6) is 0 Å². The molecule has 70 valence electrons. The van der Waals surface area contributed by atoms with E-state index in [2.05, 4.69) is 11.3 Å². The van der Waals surface area contributed by atoms with Crippen molar-refractivity contribution in [2.75, 3.05) is 21.2 Å². The Hall–Kier alpha value is -1.03. The van der Waals surface area contributed by atoms with Crippen LogP contribution in [-0.4, -0.2) is 38.3 Å². The van der Waals surface area contributed by atoms with E-state index in [1.165, 1.54) is 7.11 Å². The number of carbonyl (C=O) groups is 1. The van der Waals surface area contributed by atoms with E-state index in [4.69, 9.17) is 4.74 Å². The molecule has 0 radical (unpaired) electrons. The second kappa shape index (κ2) is 4.77. The van der Waals surface area contributed by atoms with Crippen LogP contribution in [0, 0.1) is 0 Å². The van der Waals surface area contributed by atoms with Gasteiger partial charge in [-0.05, 0) is 27.6 Å². The molecular formula is C8H15NO3. The van der Waals surface area contributed by atoms with Crippen molar-refractivity contribution in [3.8, 4) is 0 Å². The molecule has 1 atom stereocenters. The van der Waals surface area contributed by atoms with Crippen LogP contribution >= 0.6 is 0 Å². The van der Waals surface area contributed by atoms with E-state index in [0.717, 1.165) is 0 Å². The van der Waals surface area contributed by atoms with Crippen LogP contribution in [0.25, 0.3) is 0 Å². The zero-order valence-corrected chi connectivity index (χ0v) is 7.96. The largest absolute Gasteiger partial charge is 0.490 e. The molecular weight excluding hydrogens is 158 g/mol. The normalized spacial score (nSPS) is 12.4. The third kappa shape index (κ3) is 3.39. The monoisotopic (exact) mass is 173 g/mol. The molecule has 0 aliphatic heterocycles. The third-order valence-corrected chi connectivity index (χ3v) is 1.48. The van der Waals surface area contributed by atoms with Gasteiger partial charge < -0.3 is 9.47 Å². The summed E-state index contributed by atoms with van der Waals surface area (Å²) in [5.41, 5.74) is 0. The number of hydrogen-bond acceptors (Lipinski definition) is 4. The Morgan fingerprint density at radius 3 is 2.33 bits per heavy atom. The van der Waals surface area contributed by atoms with Gasteiger partial charge in [0, 0.05) is 0 Å². The number of esters is 1. The summed E-state index contributed by atoms with van der Waals surface area (Å²) < 4.78 is 9.53. The minimum atomic E-state index is -0.529. The van der Waals surface area contributed by atoms with E-state index < -0.39 is 5.97 Å². The summed E-state index contributed by atoms with van der Waals surface area (Å²) in [4.78, 5) is 12.8. The molecule has 0 spiro atoms. The third-order valence-electron chi connectivity index (χ3n) is 1.48. The standard InChI is InChI=1S/C8H15NO3/c1-6(11-5)8(10)12-7(2)9(3)4/h7H,1H2,2-5H3. The Morgan fingerprint density at radius 1 is 1.50 bits per heavy atom. The Balaban J connectivity index is 3.92. The molecule has 0 saturated heterocycles. The fourth-order valence-electron chi connectivity index (χ4n) is 0.409. The summed E-state index contributed by atoms with van der Waals surface area (Å²) in [5.74, 6) is -0.512. The van der Waals surface area contributed by atoms with Crippen LogP contribution < -0.4 is 0 Å². The Labute approximate surface area is 72.8 Å². The zero-order chi connectivity index (χ0) is 9.72. The van der Waals surface area contributed by atoms with Gasteiger partial charge in [0.1, 0.15) is 0 Å². The van der Waals surface area contributed by atoms with Gasteiger partial charge in [-0.25, -0.2) is 4.79 Å². The highest BCUT2D eigenvalue weighted by molar-refractivity contribution is 5.85. The lowest BCUT2D eigenvalue weighted by Gasteiger charge is -2.19. The molecule has 0 aromatic carbocycles. The summed E-state index contributed by atoms with van der Waals surface area (Å²) in [6.07, 6.45) is -0.274. The number of hydrogen-bond donors (Lipinski definition) is 0. The fourth-order valence-corrected chi connectivity index (χ4v) is 0.409. The van der Waals surface area contributed by atoms with Gasteiger partial charge in [-0.1, -0.05) is 0 Å². The van der Waals surface area contributed by atoms with Crippen molar-refractivity contribution < 1.29 is 14.3 Å². The first-order valence-corrected chi connectivity index (χ1v) is 3.59. The number of rotatable bonds is 4. The van der Waals surface area contributed by atoms with Crippen LogP contribution in [-0.2, 0) is 14.3 Å². The predicted octanol–water partition coefficient (Wildman–Crippen LogP) is 0.597. The Morgan fingerprint density at radius 2 is 2.00 bits per heavy atom. The Bertz CT molecular complexity index is 177. The highest BCUT2D eigenvalue weighted by Gasteiger charge is 2.14. The van der Waals surface area contributed by atoms with Gasteiger partial charge in [-0.3, -0.25) is 4.90 Å². The molecule has 0 bridgehead atoms. The Kier molecular flexibility index (Phi) is 4.36. The van der Waals surface area contributed by atoms with E-state index >= 15 is 0 Å². The summed E-state index contributed by atoms with van der Waals surface area (Å²) >= 11 is 0. The number of methoxy groups -OCH3 is 1. The summed E-state index contributed by atoms with van der Waals surface area (Å²) in [6, 6.07) is 0. The molecule has 0 heterocycles. The molecule has 0 aromatic heterocycles. The highest BCUT2D eigenvalue weighted by atomic mass is 16.6. The smallest absolute Gasteiger partial charge is 0.374 e. The molecule has 4 nitrogen and oxygen atoms in total. The minimum Gasteiger partial charge on any atom is -0.490 e. The lowest BCUT2D eigenvalue weighted by Crippen LogP contribution is -2.30. The van der Waals surface area contributed by atoms with Gasteiger partial charge in [-0.2, -0.15) is 0 Å². The summed E-state index contributed by atoms with van der Waals surface area (Å²) in [6.45, 7) is 5.13. The van der Waals surface area contributed by atoms with Gasteiger partial charge in [0.05, 0.1) is 7.11 Å². The van der Waals surface area contributed by atoms with E-state index in [-0.39, 0.29) is 12.0 Å². The van der Waals surface area contributed by atoms with E-state index in [0.29, 0.717) is 0 Å². The average molecular weight is 173 g/mol. The molecule has 0 aliphatic carbocycles. The maximum atomic E-state index is 11.0. The van der Waals surface area contributed by atoms with Crippen molar-refractivity contribution in [1.82, 2.24) is 4.90 Å². The maximum absolute atomic E-state index is 11.0. The van der Waals surface area contributed by atoms with E-state index in [9.17, 15) is 4.79 Å². The molecule has 0 rings (SSSR count). The summed E-state index contributed by atoms with van der Waals surface area (Å²) in [7, 11) is 5.00. The van der Waals surface area contributed by atoms with Gasteiger partial charge in [0.25, 0.3) is 0 Å². The second-order valence-corrected chi connectivity index (χ2v) is 2.60. The second-order valence-electron chi connectivity index (χ2n) is 2.60. The van der Waals surface area contributed by atoms with Crippen molar-refractivity contribution in [1.29, 1.82) is 0 Å². The molecule has 0 N–H and O–H groups in total. The molecule has 0 aromatic rings. The lowest BCUT2D eigenvalue weighted by molar-refractivity contribution is -0.154.